The number of halogens is 4. The molecule has 2 aromatic rings. The zero-order chi connectivity index (χ0) is 40.6. The van der Waals surface area contributed by atoms with Gasteiger partial charge in [-0.2, -0.15) is 13.2 Å². The minimum Gasteiger partial charge on any atom is -0.495 e. The summed E-state index contributed by atoms with van der Waals surface area (Å²) in [6.45, 7) is 5.06. The third-order valence-electron chi connectivity index (χ3n) is 9.94. The number of nitrogens with one attached hydrogen (secondary N) is 2. The largest absolute Gasteiger partial charge is 0.495 e. The molecule has 19 heteroatoms. The van der Waals surface area contributed by atoms with Crippen LogP contribution in [0.2, 0.25) is 5.02 Å². The lowest BCUT2D eigenvalue weighted by Gasteiger charge is -2.42. The van der Waals surface area contributed by atoms with Crippen LogP contribution < -0.4 is 20.3 Å². The summed E-state index contributed by atoms with van der Waals surface area (Å²) in [7, 11) is 4.22. The van der Waals surface area contributed by atoms with Gasteiger partial charge in [0.2, 0.25) is 5.91 Å². The molecule has 5 rings (SSSR count). The minimum atomic E-state index is -5.12. The summed E-state index contributed by atoms with van der Waals surface area (Å²) in [5.74, 6) is -1.03. The summed E-state index contributed by atoms with van der Waals surface area (Å²) in [6.07, 6.45) is -6.92. The summed E-state index contributed by atoms with van der Waals surface area (Å²) in [5.41, 5.74) is -4.85. The highest BCUT2D eigenvalue weighted by molar-refractivity contribution is 6.35. The molecule has 4 bridgehead atoms. The van der Waals surface area contributed by atoms with Crippen LogP contribution in [-0.2, 0) is 36.3 Å². The highest BCUT2D eigenvalue weighted by Crippen LogP contribution is 2.49. The van der Waals surface area contributed by atoms with E-state index in [0.717, 1.165) is 11.6 Å². The van der Waals surface area contributed by atoms with Gasteiger partial charge in [-0.25, -0.2) is 9.59 Å². The van der Waals surface area contributed by atoms with Crippen molar-refractivity contribution in [1.82, 2.24) is 5.32 Å². The van der Waals surface area contributed by atoms with Gasteiger partial charge in [0.1, 0.15) is 40.2 Å². The average molecular weight is 797 g/mol. The van der Waals surface area contributed by atoms with Crippen LogP contribution in [0, 0.1) is 16.0 Å². The number of hydrogen-bond acceptors (Lipinski definition) is 11. The van der Waals surface area contributed by atoms with Gasteiger partial charge >= 0.3 is 18.4 Å². The van der Waals surface area contributed by atoms with Gasteiger partial charge < -0.3 is 33.7 Å². The number of carbonyl (C=O) groups is 3. The number of nitrogens with zero attached hydrogens (tertiary/aromatic N) is 2. The van der Waals surface area contributed by atoms with Crippen LogP contribution in [0.15, 0.2) is 54.1 Å². The quantitative estimate of drug-likeness (QED) is 0.175. The molecule has 0 radical (unpaired) electrons. The fourth-order valence-electron chi connectivity index (χ4n) is 6.88. The average Bonchev–Trinajstić information content (AvgIpc) is 3.80. The molecule has 0 aromatic heterocycles. The first-order valence-electron chi connectivity index (χ1n) is 16.9. The van der Waals surface area contributed by atoms with Crippen LogP contribution in [0.5, 0.6) is 5.75 Å². The standard InChI is InChI=1S/C36H40ClF3N4O11/c1-18-8-7-9-27(52-6)35(48)17-26(53-33(47)42-35)19(2)31-34(3,55-31)28(16-29(45)43(4)24-13-20(12-18)14-25(51-5)30(24)37)54-32(46)41-21-10-11-23(44(49)50)22(15-21)36(38,39)40/h7-11,13-15,19,26-28,31,48H,12,16-17H2,1-6H3,(H,41,46)(H,42,47)/b9-7+,18-8+/t19-,26+,27-,28+,31+,34+,35+/m1/s1. The predicted octanol–water partition coefficient (Wildman–Crippen LogP) is 6.30. The molecule has 3 aliphatic heterocycles. The van der Waals surface area contributed by atoms with E-state index in [1.165, 1.54) is 33.1 Å². The zero-order valence-corrected chi connectivity index (χ0v) is 31.3. The molecule has 3 N–H and O–H groups in total. The number of methoxy groups -OCH3 is 2. The fraction of sp³-hybridized carbons (Fsp3) is 0.472. The molecule has 3 aliphatic rings. The molecule has 2 fully saturated rings. The molecular weight excluding hydrogens is 757 g/mol. The lowest BCUT2D eigenvalue weighted by atomic mass is 9.83. The SMILES string of the molecule is COc1cc2cc(c1Cl)N(C)C(=O)C[C@H](OC(=O)Nc1ccc([N+](=O)[O-])c(C(F)(F)F)c1)[C@]1(C)O[C@H]1[C@H](C)[C@@H]1C[C@@](O)(NC(=O)O1)[C@H](OC)/C=C/C=C(\C)C2. The van der Waals surface area contributed by atoms with E-state index in [0.29, 0.717) is 24.1 Å². The van der Waals surface area contributed by atoms with Crippen LogP contribution in [0.1, 0.15) is 44.7 Å². The number of carbonyl (C=O) groups excluding carboxylic acids is 3. The molecule has 0 aliphatic carbocycles. The van der Waals surface area contributed by atoms with Crippen LogP contribution in [0.3, 0.4) is 0 Å². The van der Waals surface area contributed by atoms with Gasteiger partial charge in [0, 0.05) is 38.2 Å². The van der Waals surface area contributed by atoms with Crippen molar-refractivity contribution >= 4 is 46.8 Å². The molecule has 7 atom stereocenters. The normalized spacial score (nSPS) is 30.1. The smallest absolute Gasteiger partial charge is 0.423 e. The van der Waals surface area contributed by atoms with Gasteiger partial charge in [-0.1, -0.05) is 42.3 Å². The summed E-state index contributed by atoms with van der Waals surface area (Å²) < 4.78 is 69.4. The van der Waals surface area contributed by atoms with E-state index in [9.17, 15) is 42.8 Å². The molecule has 2 saturated heterocycles. The Morgan fingerprint density at radius 3 is 2.56 bits per heavy atom. The summed E-state index contributed by atoms with van der Waals surface area (Å²) in [6, 6.07) is 5.26. The van der Waals surface area contributed by atoms with E-state index in [4.69, 9.17) is 35.3 Å². The highest BCUT2D eigenvalue weighted by atomic mass is 35.5. The molecule has 0 unspecified atom stereocenters. The minimum absolute atomic E-state index is 0.113. The molecule has 298 valence electrons. The molecule has 3 heterocycles. The molecule has 55 heavy (non-hydrogen) atoms. The van der Waals surface area contributed by atoms with Crippen molar-refractivity contribution in [3.63, 3.8) is 0 Å². The van der Waals surface area contributed by atoms with Crippen LogP contribution in [-0.4, -0.2) is 85.1 Å². The number of rotatable bonds is 5. The monoisotopic (exact) mass is 796 g/mol. The maximum Gasteiger partial charge on any atom is 0.423 e. The van der Waals surface area contributed by atoms with Crippen LogP contribution >= 0.6 is 11.6 Å². The number of epoxide rings is 1. The van der Waals surface area contributed by atoms with Crippen molar-refractivity contribution in [3.05, 3.63) is 80.4 Å². The molecule has 0 saturated carbocycles. The second-order valence-corrected chi connectivity index (χ2v) is 14.2. The Hall–Kier alpha value is -4.91. The van der Waals surface area contributed by atoms with E-state index >= 15 is 0 Å². The van der Waals surface area contributed by atoms with E-state index < -0.39 is 94.2 Å². The van der Waals surface area contributed by atoms with Gasteiger partial charge in [0.25, 0.3) is 5.69 Å². The Labute approximate surface area is 318 Å². The maximum absolute atomic E-state index is 14.0. The van der Waals surface area contributed by atoms with Crippen molar-refractivity contribution < 1.29 is 61.3 Å². The number of amides is 3. The second-order valence-electron chi connectivity index (χ2n) is 13.8. The van der Waals surface area contributed by atoms with Crippen LogP contribution in [0.25, 0.3) is 0 Å². The van der Waals surface area contributed by atoms with Crippen molar-refractivity contribution in [2.75, 3.05) is 31.5 Å². The van der Waals surface area contributed by atoms with Gasteiger partial charge in [-0.15, -0.1) is 0 Å². The number of fused-ring (bicyclic) bond motifs is 5. The number of allylic oxidation sites excluding steroid dienone is 3. The Morgan fingerprint density at radius 1 is 1.22 bits per heavy atom. The van der Waals surface area contributed by atoms with E-state index in [1.54, 1.807) is 37.3 Å². The molecular formula is C36H40ClF3N4O11. The number of nitro groups is 1. The first kappa shape index (κ1) is 41.3. The number of nitro benzene ring substituents is 1. The number of alkyl halides is 3. The first-order valence-corrected chi connectivity index (χ1v) is 17.3. The number of hydrogen-bond donors (Lipinski definition) is 3. The molecule has 15 nitrogen and oxygen atoms in total. The Morgan fingerprint density at radius 2 is 1.93 bits per heavy atom. The number of benzene rings is 2. The third-order valence-corrected chi connectivity index (χ3v) is 10.3. The summed E-state index contributed by atoms with van der Waals surface area (Å²) in [4.78, 5) is 51.4. The lowest BCUT2D eigenvalue weighted by molar-refractivity contribution is -0.388. The van der Waals surface area contributed by atoms with Crippen molar-refractivity contribution in [2.24, 2.45) is 5.92 Å². The summed E-state index contributed by atoms with van der Waals surface area (Å²) >= 11 is 6.67. The van der Waals surface area contributed by atoms with Crippen molar-refractivity contribution in [1.29, 1.82) is 0 Å². The van der Waals surface area contributed by atoms with Gasteiger partial charge in [-0.3, -0.25) is 25.5 Å². The van der Waals surface area contributed by atoms with E-state index in [-0.39, 0.29) is 22.9 Å². The lowest BCUT2D eigenvalue weighted by Crippen LogP contribution is -2.63. The Kier molecular flexibility index (Phi) is 11.8. The van der Waals surface area contributed by atoms with E-state index in [1.807, 2.05) is 6.92 Å². The van der Waals surface area contributed by atoms with Gasteiger partial charge in [-0.05, 0) is 50.1 Å². The van der Waals surface area contributed by atoms with Crippen molar-refractivity contribution in [3.8, 4) is 5.75 Å². The zero-order valence-electron chi connectivity index (χ0n) is 30.6. The van der Waals surface area contributed by atoms with Gasteiger partial charge in [0.05, 0.1) is 30.2 Å². The predicted molar refractivity (Wildman–Crippen MR) is 191 cm³/mol. The summed E-state index contributed by atoms with van der Waals surface area (Å²) in [5, 5.41) is 27.6. The Balaban J connectivity index is 1.54. The molecule has 2 aromatic carbocycles. The molecule has 3 amide bonds. The van der Waals surface area contributed by atoms with Gasteiger partial charge in [0.15, 0.2) is 5.72 Å². The maximum atomic E-state index is 14.0. The number of aliphatic hydroxyl groups is 1. The number of alkyl carbamates (subject to hydrolysis) is 1. The third kappa shape index (κ3) is 8.82. The fourth-order valence-corrected chi connectivity index (χ4v) is 7.19. The second kappa shape index (κ2) is 15.7. The Bertz CT molecular complexity index is 1930. The van der Waals surface area contributed by atoms with Crippen molar-refractivity contribution in [2.45, 2.75) is 82.0 Å². The van der Waals surface area contributed by atoms with Crippen LogP contribution in [0.4, 0.5) is 39.8 Å². The molecule has 0 spiro atoms. The number of anilines is 2. The van der Waals surface area contributed by atoms with E-state index in [2.05, 4.69) is 10.6 Å². The number of ether oxygens (including phenoxy) is 5. The first-order chi connectivity index (χ1) is 25.7. The highest BCUT2D eigenvalue weighted by Gasteiger charge is 2.64. The topological polar surface area (TPSA) is 191 Å².